The number of pyridine rings is 1. The lowest BCUT2D eigenvalue weighted by Crippen LogP contribution is -2.26. The van der Waals surface area contributed by atoms with Crippen LogP contribution in [0.2, 0.25) is 5.02 Å². The number of carbonyl (C=O) groups excluding carboxylic acids is 1. The molecule has 1 heterocycles. The average molecular weight is 275 g/mol. The van der Waals surface area contributed by atoms with E-state index in [2.05, 4.69) is 10.3 Å². The molecule has 3 nitrogen and oxygen atoms in total. The zero-order valence-electron chi connectivity index (χ0n) is 10.7. The lowest BCUT2D eigenvalue weighted by atomic mass is 10.1. The smallest absolute Gasteiger partial charge is 0.251 e. The van der Waals surface area contributed by atoms with E-state index in [1.807, 2.05) is 31.2 Å². The van der Waals surface area contributed by atoms with Gasteiger partial charge in [0.25, 0.3) is 5.91 Å². The number of aromatic nitrogens is 1. The molecular weight excluding hydrogens is 260 g/mol. The largest absolute Gasteiger partial charge is 0.352 e. The SMILES string of the molecule is Cc1cnccc1C(=O)NCCc1cccc(Cl)c1. The molecule has 4 heteroatoms. The number of carbonyl (C=O) groups is 1. The van der Waals surface area contributed by atoms with E-state index < -0.39 is 0 Å². The van der Waals surface area contributed by atoms with Crippen molar-refractivity contribution in [2.24, 2.45) is 0 Å². The van der Waals surface area contributed by atoms with Gasteiger partial charge in [-0.15, -0.1) is 0 Å². The molecule has 98 valence electrons. The van der Waals surface area contributed by atoms with Crippen LogP contribution in [-0.4, -0.2) is 17.4 Å². The average Bonchev–Trinajstić information content (AvgIpc) is 2.39. The Kier molecular flexibility index (Phi) is 4.53. The highest BCUT2D eigenvalue weighted by molar-refractivity contribution is 6.30. The molecule has 0 unspecified atom stereocenters. The maximum atomic E-state index is 12.0. The lowest BCUT2D eigenvalue weighted by molar-refractivity contribution is 0.0953. The monoisotopic (exact) mass is 274 g/mol. The number of aryl methyl sites for hydroxylation is 1. The quantitative estimate of drug-likeness (QED) is 0.931. The molecule has 2 aromatic rings. The summed E-state index contributed by atoms with van der Waals surface area (Å²) >= 11 is 5.91. The van der Waals surface area contributed by atoms with E-state index in [-0.39, 0.29) is 5.91 Å². The summed E-state index contributed by atoms with van der Waals surface area (Å²) in [5, 5.41) is 3.61. The van der Waals surface area contributed by atoms with E-state index in [9.17, 15) is 4.79 Å². The molecule has 1 amide bonds. The van der Waals surface area contributed by atoms with Crippen molar-refractivity contribution in [3.8, 4) is 0 Å². The Hall–Kier alpha value is -1.87. The molecule has 0 saturated carbocycles. The zero-order chi connectivity index (χ0) is 13.7. The van der Waals surface area contributed by atoms with Crippen LogP contribution in [-0.2, 0) is 6.42 Å². The fourth-order valence-electron chi connectivity index (χ4n) is 1.84. The van der Waals surface area contributed by atoms with Gasteiger partial charge in [-0.1, -0.05) is 23.7 Å². The maximum absolute atomic E-state index is 12.0. The van der Waals surface area contributed by atoms with E-state index in [1.165, 1.54) is 0 Å². The molecule has 0 radical (unpaired) electrons. The number of rotatable bonds is 4. The second-order valence-corrected chi connectivity index (χ2v) is 4.76. The third-order valence-corrected chi connectivity index (χ3v) is 3.09. The van der Waals surface area contributed by atoms with Crippen molar-refractivity contribution in [3.63, 3.8) is 0 Å². The molecular formula is C15H15ClN2O. The summed E-state index contributed by atoms with van der Waals surface area (Å²) in [6.45, 7) is 2.46. The van der Waals surface area contributed by atoms with E-state index in [0.29, 0.717) is 17.1 Å². The van der Waals surface area contributed by atoms with Crippen LogP contribution in [0.5, 0.6) is 0 Å². The lowest BCUT2D eigenvalue weighted by Gasteiger charge is -2.07. The van der Waals surface area contributed by atoms with Gasteiger partial charge in [0, 0.05) is 29.5 Å². The standard InChI is InChI=1S/C15H15ClN2O/c1-11-10-17-7-6-14(11)15(19)18-8-5-12-3-2-4-13(16)9-12/h2-4,6-7,9-10H,5,8H2,1H3,(H,18,19). The molecule has 1 N–H and O–H groups in total. The number of hydrogen-bond donors (Lipinski definition) is 1. The van der Waals surface area contributed by atoms with Crippen LogP contribution in [0.3, 0.4) is 0 Å². The minimum Gasteiger partial charge on any atom is -0.352 e. The Morgan fingerprint density at radius 1 is 1.37 bits per heavy atom. The van der Waals surface area contributed by atoms with E-state index in [4.69, 9.17) is 11.6 Å². The first-order valence-electron chi connectivity index (χ1n) is 6.10. The summed E-state index contributed by atoms with van der Waals surface area (Å²) in [5.41, 5.74) is 2.66. The zero-order valence-corrected chi connectivity index (χ0v) is 11.4. The maximum Gasteiger partial charge on any atom is 0.251 e. The predicted molar refractivity (Wildman–Crippen MR) is 76.5 cm³/mol. The fraction of sp³-hybridized carbons (Fsp3) is 0.200. The number of amides is 1. The van der Waals surface area contributed by atoms with E-state index in [1.54, 1.807) is 18.5 Å². The van der Waals surface area contributed by atoms with Gasteiger partial charge in [0.05, 0.1) is 0 Å². The molecule has 0 fully saturated rings. The Morgan fingerprint density at radius 3 is 2.95 bits per heavy atom. The highest BCUT2D eigenvalue weighted by atomic mass is 35.5. The summed E-state index contributed by atoms with van der Waals surface area (Å²) in [7, 11) is 0. The van der Waals surface area contributed by atoms with Crippen molar-refractivity contribution < 1.29 is 4.79 Å². The molecule has 0 aliphatic rings. The number of nitrogens with one attached hydrogen (secondary N) is 1. The number of hydrogen-bond acceptors (Lipinski definition) is 2. The van der Waals surface area contributed by atoms with Gasteiger partial charge in [0.2, 0.25) is 0 Å². The van der Waals surface area contributed by atoms with Crippen molar-refractivity contribution in [2.45, 2.75) is 13.3 Å². The first-order valence-corrected chi connectivity index (χ1v) is 6.48. The van der Waals surface area contributed by atoms with Gasteiger partial charge in [0.1, 0.15) is 0 Å². The number of halogens is 1. The molecule has 1 aromatic heterocycles. The Balaban J connectivity index is 1.90. The molecule has 0 spiro atoms. The van der Waals surface area contributed by atoms with Crippen molar-refractivity contribution in [3.05, 3.63) is 64.4 Å². The molecule has 0 atom stereocenters. The minimum atomic E-state index is -0.0677. The Morgan fingerprint density at radius 2 is 2.21 bits per heavy atom. The van der Waals surface area contributed by atoms with Crippen LogP contribution in [0.25, 0.3) is 0 Å². The summed E-state index contributed by atoms with van der Waals surface area (Å²) in [4.78, 5) is 15.9. The van der Waals surface area contributed by atoms with Crippen LogP contribution in [0.15, 0.2) is 42.7 Å². The molecule has 2 rings (SSSR count). The van der Waals surface area contributed by atoms with Gasteiger partial charge in [-0.3, -0.25) is 9.78 Å². The van der Waals surface area contributed by atoms with Crippen LogP contribution in [0.4, 0.5) is 0 Å². The van der Waals surface area contributed by atoms with Crippen molar-refractivity contribution >= 4 is 17.5 Å². The van der Waals surface area contributed by atoms with Crippen LogP contribution in [0, 0.1) is 6.92 Å². The van der Waals surface area contributed by atoms with E-state index >= 15 is 0 Å². The normalized spacial score (nSPS) is 10.2. The highest BCUT2D eigenvalue weighted by Crippen LogP contribution is 2.11. The predicted octanol–water partition coefficient (Wildman–Crippen LogP) is 3.02. The third kappa shape index (κ3) is 3.80. The number of benzene rings is 1. The Bertz CT molecular complexity index is 584. The molecule has 19 heavy (non-hydrogen) atoms. The van der Waals surface area contributed by atoms with Crippen LogP contribution in [0.1, 0.15) is 21.5 Å². The van der Waals surface area contributed by atoms with Gasteiger partial charge >= 0.3 is 0 Å². The highest BCUT2D eigenvalue weighted by Gasteiger charge is 2.07. The van der Waals surface area contributed by atoms with Gasteiger partial charge < -0.3 is 5.32 Å². The second-order valence-electron chi connectivity index (χ2n) is 4.33. The minimum absolute atomic E-state index is 0.0677. The topological polar surface area (TPSA) is 42.0 Å². The van der Waals surface area contributed by atoms with Crippen molar-refractivity contribution in [1.82, 2.24) is 10.3 Å². The summed E-state index contributed by atoms with van der Waals surface area (Å²) < 4.78 is 0. The van der Waals surface area contributed by atoms with E-state index in [0.717, 1.165) is 17.5 Å². The van der Waals surface area contributed by atoms with Gasteiger partial charge in [-0.2, -0.15) is 0 Å². The first-order chi connectivity index (χ1) is 9.16. The molecule has 0 bridgehead atoms. The molecule has 0 saturated heterocycles. The summed E-state index contributed by atoms with van der Waals surface area (Å²) in [6, 6.07) is 9.38. The van der Waals surface area contributed by atoms with Crippen LogP contribution >= 0.6 is 11.6 Å². The van der Waals surface area contributed by atoms with Gasteiger partial charge in [-0.05, 0) is 42.7 Å². The second kappa shape index (κ2) is 6.34. The van der Waals surface area contributed by atoms with Gasteiger partial charge in [0.15, 0.2) is 0 Å². The van der Waals surface area contributed by atoms with Crippen molar-refractivity contribution in [1.29, 1.82) is 0 Å². The van der Waals surface area contributed by atoms with Crippen molar-refractivity contribution in [2.75, 3.05) is 6.54 Å². The third-order valence-electron chi connectivity index (χ3n) is 2.85. The summed E-state index contributed by atoms with van der Waals surface area (Å²) in [6.07, 6.45) is 4.07. The number of nitrogens with zero attached hydrogens (tertiary/aromatic N) is 1. The molecule has 0 aliphatic heterocycles. The van der Waals surface area contributed by atoms with Crippen LogP contribution < -0.4 is 5.32 Å². The molecule has 1 aromatic carbocycles. The first kappa shape index (κ1) is 13.6. The fourth-order valence-corrected chi connectivity index (χ4v) is 2.05. The summed E-state index contributed by atoms with van der Waals surface area (Å²) in [5.74, 6) is -0.0677. The molecule has 0 aliphatic carbocycles. The van der Waals surface area contributed by atoms with Gasteiger partial charge in [-0.25, -0.2) is 0 Å². The Labute approximate surface area is 117 Å².